The summed E-state index contributed by atoms with van der Waals surface area (Å²) in [4.78, 5) is 46.2. The highest BCUT2D eigenvalue weighted by molar-refractivity contribution is 7.80. The first-order valence-corrected chi connectivity index (χ1v) is 9.16. The molecule has 10 heteroatoms. The van der Waals surface area contributed by atoms with E-state index in [2.05, 4.69) is 21.5 Å². The first kappa shape index (κ1) is 23.0. The Balaban J connectivity index is 2.14. The second-order valence-corrected chi connectivity index (χ2v) is 6.03. The number of thiocarbonyl (C=S) groups is 1. The van der Waals surface area contributed by atoms with E-state index in [1.165, 1.54) is 0 Å². The van der Waals surface area contributed by atoms with Crippen molar-refractivity contribution in [2.45, 2.75) is 39.2 Å². The number of carbonyl (C=O) groups is 4. The molecule has 0 unspecified atom stereocenters. The zero-order chi connectivity index (χ0) is 20.8. The van der Waals surface area contributed by atoms with Crippen molar-refractivity contribution in [2.75, 3.05) is 6.61 Å². The number of ether oxygens (including phenoxy) is 1. The molecule has 0 aromatic heterocycles. The van der Waals surface area contributed by atoms with Crippen LogP contribution in [-0.2, 0) is 30.5 Å². The molecule has 0 heterocycles. The molecule has 0 saturated heterocycles. The molecular formula is C18H24N4O5S. The molecule has 1 aromatic carbocycles. The van der Waals surface area contributed by atoms with Gasteiger partial charge < -0.3 is 15.4 Å². The molecule has 1 rings (SSSR count). The number of hydrogen-bond acceptors (Lipinski definition) is 6. The molecule has 4 N–H and O–H groups in total. The van der Waals surface area contributed by atoms with Gasteiger partial charge in [-0.1, -0.05) is 30.3 Å². The highest BCUT2D eigenvalue weighted by atomic mass is 32.1. The Kier molecular flexibility index (Phi) is 10.9. The summed E-state index contributed by atoms with van der Waals surface area (Å²) in [6.07, 6.45) is -0.186. The molecule has 0 spiro atoms. The minimum atomic E-state index is -0.486. The minimum absolute atomic E-state index is 0.0129. The van der Waals surface area contributed by atoms with E-state index in [9.17, 15) is 19.2 Å². The number of carbonyl (C=O) groups excluding carboxylic acids is 4. The van der Waals surface area contributed by atoms with Gasteiger partial charge in [0.05, 0.1) is 13.0 Å². The molecule has 0 fully saturated rings. The van der Waals surface area contributed by atoms with Gasteiger partial charge in [0.1, 0.15) is 0 Å². The fraction of sp³-hybridized carbons (Fsp3) is 0.389. The van der Waals surface area contributed by atoms with Crippen LogP contribution in [0.4, 0.5) is 0 Å². The molecule has 0 saturated carbocycles. The maximum absolute atomic E-state index is 11.7. The Hall–Kier alpha value is -3.01. The lowest BCUT2D eigenvalue weighted by Crippen LogP contribution is -2.48. The normalized spacial score (nSPS) is 9.75. The summed E-state index contributed by atoms with van der Waals surface area (Å²) in [5.74, 6) is -1.68. The molecular weight excluding hydrogens is 384 g/mol. The van der Waals surface area contributed by atoms with Gasteiger partial charge in [-0.3, -0.25) is 30.0 Å². The molecule has 0 bridgehead atoms. The predicted molar refractivity (Wildman–Crippen MR) is 105 cm³/mol. The standard InChI is InChI=1S/C18H24N4O5S/c1-2-27-17(26)11-10-15(24)20-18(28)22-21-16(25)9-8-14(23)19-12-13-6-4-3-5-7-13/h3-7H,2,8-12H2,1H3,(H,19,23)(H,21,25)(H2,20,22,24,28). The molecule has 3 amide bonds. The van der Waals surface area contributed by atoms with E-state index >= 15 is 0 Å². The number of hydrazine groups is 1. The summed E-state index contributed by atoms with van der Waals surface area (Å²) in [6.45, 7) is 2.31. The Labute approximate surface area is 168 Å². The topological polar surface area (TPSA) is 126 Å². The Morgan fingerprint density at radius 3 is 2.21 bits per heavy atom. The van der Waals surface area contributed by atoms with Crippen LogP contribution in [0, 0.1) is 0 Å². The summed E-state index contributed by atoms with van der Waals surface area (Å²) < 4.78 is 4.71. The summed E-state index contributed by atoms with van der Waals surface area (Å²) in [5.41, 5.74) is 5.61. The SMILES string of the molecule is CCOC(=O)CCC(=O)NC(=S)NNC(=O)CCC(=O)NCc1ccccc1. The van der Waals surface area contributed by atoms with Crippen LogP contribution in [0.2, 0.25) is 0 Å². The molecule has 0 aliphatic carbocycles. The number of esters is 1. The Bertz CT molecular complexity index is 696. The van der Waals surface area contributed by atoms with Crippen LogP contribution >= 0.6 is 12.2 Å². The second-order valence-electron chi connectivity index (χ2n) is 5.62. The van der Waals surface area contributed by atoms with Crippen LogP contribution < -0.4 is 21.5 Å². The van der Waals surface area contributed by atoms with Crippen LogP contribution in [0.15, 0.2) is 30.3 Å². The van der Waals surface area contributed by atoms with E-state index in [1.807, 2.05) is 30.3 Å². The lowest BCUT2D eigenvalue weighted by Gasteiger charge is -2.11. The maximum Gasteiger partial charge on any atom is 0.306 e. The van der Waals surface area contributed by atoms with Crippen molar-refractivity contribution < 1.29 is 23.9 Å². The van der Waals surface area contributed by atoms with E-state index in [0.717, 1.165) is 5.56 Å². The fourth-order valence-electron chi connectivity index (χ4n) is 1.97. The number of rotatable bonds is 9. The average molecular weight is 408 g/mol. The highest BCUT2D eigenvalue weighted by Crippen LogP contribution is 1.98. The molecule has 0 aliphatic rings. The third kappa shape index (κ3) is 10.9. The number of hydrogen-bond donors (Lipinski definition) is 4. The molecule has 1 aromatic rings. The van der Waals surface area contributed by atoms with Crippen molar-refractivity contribution in [3.05, 3.63) is 35.9 Å². The van der Waals surface area contributed by atoms with Gasteiger partial charge in [0, 0.05) is 25.8 Å². The van der Waals surface area contributed by atoms with Crippen molar-refractivity contribution in [1.29, 1.82) is 0 Å². The van der Waals surface area contributed by atoms with E-state index < -0.39 is 17.8 Å². The molecule has 0 radical (unpaired) electrons. The van der Waals surface area contributed by atoms with E-state index in [-0.39, 0.29) is 43.3 Å². The lowest BCUT2D eigenvalue weighted by molar-refractivity contribution is -0.144. The summed E-state index contributed by atoms with van der Waals surface area (Å²) in [5, 5.41) is 4.92. The van der Waals surface area contributed by atoms with Crippen LogP contribution in [-0.4, -0.2) is 35.4 Å². The molecule has 0 atom stereocenters. The van der Waals surface area contributed by atoms with E-state index in [0.29, 0.717) is 6.54 Å². The molecule has 152 valence electrons. The van der Waals surface area contributed by atoms with Crippen LogP contribution in [0.25, 0.3) is 0 Å². The zero-order valence-electron chi connectivity index (χ0n) is 15.6. The monoisotopic (exact) mass is 408 g/mol. The predicted octanol–water partition coefficient (Wildman–Crippen LogP) is 0.448. The second kappa shape index (κ2) is 13.2. The van der Waals surface area contributed by atoms with Gasteiger partial charge in [0.25, 0.3) is 0 Å². The quantitative estimate of drug-likeness (QED) is 0.265. The molecule has 9 nitrogen and oxygen atoms in total. The number of benzene rings is 1. The van der Waals surface area contributed by atoms with Gasteiger partial charge in [-0.15, -0.1) is 0 Å². The largest absolute Gasteiger partial charge is 0.466 e. The summed E-state index contributed by atoms with van der Waals surface area (Å²) in [7, 11) is 0. The maximum atomic E-state index is 11.7. The van der Waals surface area contributed by atoms with E-state index in [1.54, 1.807) is 6.92 Å². The Morgan fingerprint density at radius 1 is 0.893 bits per heavy atom. The lowest BCUT2D eigenvalue weighted by atomic mass is 10.2. The van der Waals surface area contributed by atoms with Crippen LogP contribution in [0.5, 0.6) is 0 Å². The first-order valence-electron chi connectivity index (χ1n) is 8.75. The van der Waals surface area contributed by atoms with Gasteiger partial charge in [-0.25, -0.2) is 0 Å². The zero-order valence-corrected chi connectivity index (χ0v) is 16.4. The van der Waals surface area contributed by atoms with Crippen molar-refractivity contribution in [3.63, 3.8) is 0 Å². The number of amides is 3. The van der Waals surface area contributed by atoms with Gasteiger partial charge in [-0.05, 0) is 24.7 Å². The van der Waals surface area contributed by atoms with Gasteiger partial charge in [0.15, 0.2) is 5.11 Å². The summed E-state index contributed by atoms with van der Waals surface area (Å²) in [6, 6.07) is 9.41. The van der Waals surface area contributed by atoms with Crippen LogP contribution in [0.3, 0.4) is 0 Å². The number of nitrogens with one attached hydrogen (secondary N) is 4. The van der Waals surface area contributed by atoms with E-state index in [4.69, 9.17) is 17.0 Å². The highest BCUT2D eigenvalue weighted by Gasteiger charge is 2.10. The third-order valence-corrected chi connectivity index (χ3v) is 3.55. The third-order valence-electron chi connectivity index (χ3n) is 3.34. The van der Waals surface area contributed by atoms with Crippen molar-refractivity contribution >= 4 is 41.0 Å². The van der Waals surface area contributed by atoms with Gasteiger partial charge >= 0.3 is 5.97 Å². The van der Waals surface area contributed by atoms with Gasteiger partial charge in [-0.2, -0.15) is 0 Å². The van der Waals surface area contributed by atoms with Crippen molar-refractivity contribution in [1.82, 2.24) is 21.5 Å². The minimum Gasteiger partial charge on any atom is -0.466 e. The Morgan fingerprint density at radius 2 is 1.54 bits per heavy atom. The average Bonchev–Trinajstić information content (AvgIpc) is 2.68. The fourth-order valence-corrected chi connectivity index (χ4v) is 2.13. The summed E-state index contributed by atoms with van der Waals surface area (Å²) >= 11 is 4.86. The molecule has 0 aliphatic heterocycles. The first-order chi connectivity index (χ1) is 13.4. The molecule has 28 heavy (non-hydrogen) atoms. The van der Waals surface area contributed by atoms with Crippen molar-refractivity contribution in [2.24, 2.45) is 0 Å². The van der Waals surface area contributed by atoms with Crippen molar-refractivity contribution in [3.8, 4) is 0 Å². The van der Waals surface area contributed by atoms with Crippen LogP contribution in [0.1, 0.15) is 38.2 Å². The van der Waals surface area contributed by atoms with Gasteiger partial charge in [0.2, 0.25) is 17.7 Å². The smallest absolute Gasteiger partial charge is 0.306 e.